The fourth-order valence-electron chi connectivity index (χ4n) is 1.54. The van der Waals surface area contributed by atoms with E-state index in [1.165, 1.54) is 0 Å². The molecule has 0 aliphatic rings. The molecule has 0 radical (unpaired) electrons. The van der Waals surface area contributed by atoms with Crippen LogP contribution < -0.4 is 9.47 Å². The molecule has 104 valence electrons. The van der Waals surface area contributed by atoms with Crippen molar-refractivity contribution in [2.45, 2.75) is 20.3 Å². The molecule has 0 aromatic heterocycles. The number of ether oxygens (including phenoxy) is 3. The van der Waals surface area contributed by atoms with Crippen molar-refractivity contribution in [3.8, 4) is 11.5 Å². The molecule has 5 nitrogen and oxygen atoms in total. The van der Waals surface area contributed by atoms with Gasteiger partial charge in [0.05, 0.1) is 32.9 Å². The van der Waals surface area contributed by atoms with E-state index in [4.69, 9.17) is 14.2 Å². The molecule has 0 saturated heterocycles. The summed E-state index contributed by atoms with van der Waals surface area (Å²) in [6.45, 7) is 3.93. The number of aliphatic imine (C=N–C) groups is 1. The number of nitrogens with zero attached hydrogens (tertiary/aromatic N) is 1. The molecule has 5 heteroatoms. The van der Waals surface area contributed by atoms with Crippen LogP contribution in [0.2, 0.25) is 0 Å². The van der Waals surface area contributed by atoms with Crippen LogP contribution >= 0.6 is 0 Å². The third-order valence-electron chi connectivity index (χ3n) is 2.36. The number of rotatable bonds is 6. The van der Waals surface area contributed by atoms with Crippen LogP contribution in [-0.2, 0) is 9.53 Å². The van der Waals surface area contributed by atoms with Gasteiger partial charge >= 0.3 is 5.97 Å². The first-order valence-electron chi connectivity index (χ1n) is 6.02. The fraction of sp³-hybridized carbons (Fsp3) is 0.429. The van der Waals surface area contributed by atoms with Gasteiger partial charge in [-0.15, -0.1) is 0 Å². The first-order chi connectivity index (χ1) is 9.08. The van der Waals surface area contributed by atoms with E-state index < -0.39 is 0 Å². The van der Waals surface area contributed by atoms with Crippen LogP contribution in [0.3, 0.4) is 0 Å². The van der Waals surface area contributed by atoms with Gasteiger partial charge in [0.2, 0.25) is 0 Å². The molecule has 0 fully saturated rings. The maximum absolute atomic E-state index is 11.3. The lowest BCUT2D eigenvalue weighted by molar-refractivity contribution is -0.141. The highest BCUT2D eigenvalue weighted by molar-refractivity contribution is 5.98. The first-order valence-corrected chi connectivity index (χ1v) is 6.02. The summed E-state index contributed by atoms with van der Waals surface area (Å²) in [4.78, 5) is 15.7. The van der Waals surface area contributed by atoms with Crippen molar-refractivity contribution in [1.29, 1.82) is 0 Å². The number of hydrogen-bond acceptors (Lipinski definition) is 5. The SMILES string of the molecule is CCOC(=O)CC(C)=Nc1cc(OC)cc(OC)c1. The van der Waals surface area contributed by atoms with Crippen molar-refractivity contribution in [2.24, 2.45) is 4.99 Å². The molecule has 0 aliphatic carbocycles. The molecule has 0 amide bonds. The minimum Gasteiger partial charge on any atom is -0.497 e. The van der Waals surface area contributed by atoms with E-state index in [0.717, 1.165) is 0 Å². The molecule has 0 N–H and O–H groups in total. The van der Waals surface area contributed by atoms with Crippen molar-refractivity contribution in [3.05, 3.63) is 18.2 Å². The Balaban J connectivity index is 2.87. The van der Waals surface area contributed by atoms with Gasteiger partial charge in [-0.3, -0.25) is 9.79 Å². The molecule has 1 rings (SSSR count). The van der Waals surface area contributed by atoms with Crippen molar-refractivity contribution in [1.82, 2.24) is 0 Å². The number of hydrogen-bond donors (Lipinski definition) is 0. The van der Waals surface area contributed by atoms with E-state index in [9.17, 15) is 4.79 Å². The van der Waals surface area contributed by atoms with Crippen molar-refractivity contribution < 1.29 is 19.0 Å². The second-order valence-electron chi connectivity index (χ2n) is 3.90. The summed E-state index contributed by atoms with van der Waals surface area (Å²) < 4.78 is 15.2. The first kappa shape index (κ1) is 15.0. The van der Waals surface area contributed by atoms with E-state index in [2.05, 4.69) is 4.99 Å². The Labute approximate surface area is 113 Å². The summed E-state index contributed by atoms with van der Waals surface area (Å²) in [5.41, 5.74) is 1.35. The van der Waals surface area contributed by atoms with Crippen LogP contribution in [-0.4, -0.2) is 32.5 Å². The van der Waals surface area contributed by atoms with Crippen LogP contribution in [0.5, 0.6) is 11.5 Å². The Bertz CT molecular complexity index is 446. The Hall–Kier alpha value is -2.04. The number of methoxy groups -OCH3 is 2. The lowest BCUT2D eigenvalue weighted by Crippen LogP contribution is -2.08. The highest BCUT2D eigenvalue weighted by Crippen LogP contribution is 2.27. The predicted octanol–water partition coefficient (Wildman–Crippen LogP) is 2.75. The molecule has 0 saturated carbocycles. The van der Waals surface area contributed by atoms with Crippen molar-refractivity contribution in [2.75, 3.05) is 20.8 Å². The predicted molar refractivity (Wildman–Crippen MR) is 73.6 cm³/mol. The van der Waals surface area contributed by atoms with E-state index in [-0.39, 0.29) is 12.4 Å². The van der Waals surface area contributed by atoms with Gasteiger partial charge in [-0.1, -0.05) is 0 Å². The van der Waals surface area contributed by atoms with Gasteiger partial charge in [0.1, 0.15) is 11.5 Å². The molecule has 0 unspecified atom stereocenters. The number of esters is 1. The van der Waals surface area contributed by atoms with Crippen LogP contribution in [0.25, 0.3) is 0 Å². The highest BCUT2D eigenvalue weighted by atomic mass is 16.5. The topological polar surface area (TPSA) is 57.1 Å². The van der Waals surface area contributed by atoms with Gasteiger partial charge in [-0.2, -0.15) is 0 Å². The normalized spacial score (nSPS) is 11.1. The van der Waals surface area contributed by atoms with Crippen LogP contribution in [0.4, 0.5) is 5.69 Å². The number of benzene rings is 1. The summed E-state index contributed by atoms with van der Waals surface area (Å²) in [6.07, 6.45) is 0.174. The molecular weight excluding hydrogens is 246 g/mol. The zero-order valence-corrected chi connectivity index (χ0v) is 11.7. The standard InChI is InChI=1S/C14H19NO4/c1-5-19-14(16)6-10(2)15-11-7-12(17-3)9-13(8-11)18-4/h7-9H,5-6H2,1-4H3. The average Bonchev–Trinajstić information content (AvgIpc) is 2.38. The van der Waals surface area contributed by atoms with E-state index in [0.29, 0.717) is 29.5 Å². The van der Waals surface area contributed by atoms with E-state index in [1.54, 1.807) is 46.3 Å². The number of carbonyl (C=O) groups excluding carboxylic acids is 1. The molecule has 0 aliphatic heterocycles. The smallest absolute Gasteiger partial charge is 0.311 e. The molecule has 0 spiro atoms. The highest BCUT2D eigenvalue weighted by Gasteiger charge is 2.06. The Kier molecular flexibility index (Phi) is 5.85. The number of carbonyl (C=O) groups is 1. The summed E-state index contributed by atoms with van der Waals surface area (Å²) in [6, 6.07) is 5.31. The third-order valence-corrected chi connectivity index (χ3v) is 2.36. The van der Waals surface area contributed by atoms with Gasteiger partial charge in [-0.25, -0.2) is 0 Å². The average molecular weight is 265 g/mol. The van der Waals surface area contributed by atoms with Crippen molar-refractivity contribution in [3.63, 3.8) is 0 Å². The van der Waals surface area contributed by atoms with Gasteiger partial charge in [-0.05, 0) is 13.8 Å². The van der Waals surface area contributed by atoms with Gasteiger partial charge in [0, 0.05) is 23.9 Å². The molecule has 19 heavy (non-hydrogen) atoms. The van der Waals surface area contributed by atoms with Gasteiger partial charge in [0.15, 0.2) is 0 Å². The second-order valence-corrected chi connectivity index (χ2v) is 3.90. The molecule has 1 aromatic rings. The Morgan fingerprint density at radius 3 is 2.21 bits per heavy atom. The maximum atomic E-state index is 11.3. The molecule has 0 atom stereocenters. The molecule has 0 bridgehead atoms. The summed E-state index contributed by atoms with van der Waals surface area (Å²) in [5.74, 6) is 1.03. The molecule has 0 heterocycles. The summed E-state index contributed by atoms with van der Waals surface area (Å²) in [5, 5.41) is 0. The minimum absolute atomic E-state index is 0.174. The van der Waals surface area contributed by atoms with Crippen LogP contribution in [0.1, 0.15) is 20.3 Å². The molecule has 1 aromatic carbocycles. The maximum Gasteiger partial charge on any atom is 0.311 e. The van der Waals surface area contributed by atoms with E-state index >= 15 is 0 Å². The zero-order chi connectivity index (χ0) is 14.3. The lowest BCUT2D eigenvalue weighted by Gasteiger charge is -2.06. The van der Waals surface area contributed by atoms with Gasteiger partial charge < -0.3 is 14.2 Å². The zero-order valence-electron chi connectivity index (χ0n) is 11.7. The van der Waals surface area contributed by atoms with Crippen molar-refractivity contribution >= 4 is 17.4 Å². The Morgan fingerprint density at radius 1 is 1.16 bits per heavy atom. The monoisotopic (exact) mass is 265 g/mol. The lowest BCUT2D eigenvalue weighted by atomic mass is 10.2. The molecular formula is C14H19NO4. The summed E-state index contributed by atoms with van der Waals surface area (Å²) >= 11 is 0. The largest absolute Gasteiger partial charge is 0.497 e. The summed E-state index contributed by atoms with van der Waals surface area (Å²) in [7, 11) is 3.15. The fourth-order valence-corrected chi connectivity index (χ4v) is 1.54. The van der Waals surface area contributed by atoms with E-state index in [1.807, 2.05) is 0 Å². The van der Waals surface area contributed by atoms with Crippen LogP contribution in [0, 0.1) is 0 Å². The quantitative estimate of drug-likeness (QED) is 0.586. The van der Waals surface area contributed by atoms with Crippen LogP contribution in [0.15, 0.2) is 23.2 Å². The minimum atomic E-state index is -0.279. The third kappa shape index (κ3) is 4.99. The Morgan fingerprint density at radius 2 is 1.74 bits per heavy atom. The van der Waals surface area contributed by atoms with Gasteiger partial charge in [0.25, 0.3) is 0 Å². The second kappa shape index (κ2) is 7.41.